The van der Waals surface area contributed by atoms with Crippen LogP contribution in [0.5, 0.6) is 0 Å². The molecule has 5 nitrogen and oxygen atoms in total. The highest BCUT2D eigenvalue weighted by Crippen LogP contribution is 2.16. The minimum Gasteiger partial charge on any atom is -0.465 e. The number of carbonyl (C=O) groups excluding carboxylic acids is 1. The molecule has 0 aliphatic carbocycles. The molecule has 0 aliphatic heterocycles. The van der Waals surface area contributed by atoms with Gasteiger partial charge in [0.15, 0.2) is 0 Å². The Hall–Kier alpha value is -2.03. The van der Waals surface area contributed by atoms with E-state index in [1.165, 1.54) is 7.11 Å². The zero-order valence-electron chi connectivity index (χ0n) is 11.6. The molecule has 0 radical (unpaired) electrons. The second-order valence-electron chi connectivity index (χ2n) is 3.62. The zero-order valence-corrected chi connectivity index (χ0v) is 11.6. The van der Waals surface area contributed by atoms with E-state index in [-0.39, 0.29) is 5.69 Å². The van der Waals surface area contributed by atoms with Crippen LogP contribution in [0.1, 0.15) is 29.8 Å². The lowest BCUT2D eigenvalue weighted by molar-refractivity contribution is 0.0602. The first-order chi connectivity index (χ1) is 9.01. The van der Waals surface area contributed by atoms with Gasteiger partial charge in [0.25, 0.3) is 0 Å². The first-order valence-electron chi connectivity index (χ1n) is 5.94. The maximum absolute atomic E-state index is 11.1. The third-order valence-corrected chi connectivity index (χ3v) is 2.48. The molecule has 0 aliphatic rings. The molecule has 0 aromatic heterocycles. The summed E-state index contributed by atoms with van der Waals surface area (Å²) in [6.07, 6.45) is 5.18. The van der Waals surface area contributed by atoms with Gasteiger partial charge in [-0.25, -0.2) is 9.80 Å². The van der Waals surface area contributed by atoms with Crippen LogP contribution in [0.15, 0.2) is 18.2 Å². The number of anilines is 1. The van der Waals surface area contributed by atoms with E-state index >= 15 is 0 Å². The molecule has 0 unspecified atom stereocenters. The van der Waals surface area contributed by atoms with Gasteiger partial charge in [-0.05, 0) is 12.1 Å². The number of rotatable bonds is 3. The molecular formula is C14H21N3O2. The summed E-state index contributed by atoms with van der Waals surface area (Å²) in [4.78, 5) is 11.1. The lowest BCUT2D eigenvalue weighted by Crippen LogP contribution is -2.29. The van der Waals surface area contributed by atoms with Crippen molar-refractivity contribution in [2.24, 2.45) is 5.84 Å². The van der Waals surface area contributed by atoms with Crippen LogP contribution in [0.4, 0.5) is 5.69 Å². The van der Waals surface area contributed by atoms with E-state index < -0.39 is 5.97 Å². The molecule has 0 bridgehead atoms. The number of nitrogens with two attached hydrogens (primary N) is 2. The molecular weight excluding hydrogens is 242 g/mol. The Morgan fingerprint density at radius 1 is 1.42 bits per heavy atom. The van der Waals surface area contributed by atoms with Gasteiger partial charge in [0, 0.05) is 18.7 Å². The first-order valence-corrected chi connectivity index (χ1v) is 5.94. The molecule has 0 spiro atoms. The molecule has 0 heterocycles. The number of ether oxygens (including phenoxy) is 1. The van der Waals surface area contributed by atoms with E-state index in [1.807, 2.05) is 13.8 Å². The molecule has 0 fully saturated rings. The van der Waals surface area contributed by atoms with Crippen molar-refractivity contribution in [2.75, 3.05) is 25.9 Å². The van der Waals surface area contributed by atoms with Crippen molar-refractivity contribution in [2.45, 2.75) is 13.8 Å². The number of hydrazine groups is 1. The summed E-state index contributed by atoms with van der Waals surface area (Å²) in [7, 11) is 1.30. The standard InChI is InChI=1S/C10H9NO2.C4H12N2/c1-3-7-5-4-6-8(9(7)11)10(12)13-2;1-3-6(5)4-2/h1,4-6H,11H2,2H3;3-5H2,1-2H3. The van der Waals surface area contributed by atoms with E-state index in [2.05, 4.69) is 10.7 Å². The van der Waals surface area contributed by atoms with Gasteiger partial charge in [-0.2, -0.15) is 0 Å². The molecule has 19 heavy (non-hydrogen) atoms. The van der Waals surface area contributed by atoms with Gasteiger partial charge < -0.3 is 10.5 Å². The minimum atomic E-state index is -0.477. The van der Waals surface area contributed by atoms with Crippen molar-refractivity contribution in [1.29, 1.82) is 0 Å². The highest BCUT2D eigenvalue weighted by atomic mass is 16.5. The van der Waals surface area contributed by atoms with Gasteiger partial charge in [0.2, 0.25) is 0 Å². The van der Waals surface area contributed by atoms with Crippen molar-refractivity contribution in [3.8, 4) is 12.3 Å². The van der Waals surface area contributed by atoms with Crippen LogP contribution < -0.4 is 11.6 Å². The molecule has 104 valence electrons. The van der Waals surface area contributed by atoms with E-state index in [0.29, 0.717) is 11.1 Å². The van der Waals surface area contributed by atoms with Gasteiger partial charge in [-0.3, -0.25) is 5.84 Å². The maximum atomic E-state index is 11.1. The Labute approximate surface area is 114 Å². The summed E-state index contributed by atoms with van der Waals surface area (Å²) < 4.78 is 4.53. The highest BCUT2D eigenvalue weighted by Gasteiger charge is 2.10. The summed E-state index contributed by atoms with van der Waals surface area (Å²) in [5, 5.41) is 1.75. The van der Waals surface area contributed by atoms with Crippen LogP contribution in [0, 0.1) is 12.3 Å². The number of nitrogen functional groups attached to an aromatic ring is 1. The second kappa shape index (κ2) is 8.97. The first kappa shape index (κ1) is 17.0. The minimum absolute atomic E-state index is 0.289. The lowest BCUT2D eigenvalue weighted by Gasteiger charge is -2.07. The third kappa shape index (κ3) is 5.42. The van der Waals surface area contributed by atoms with Crippen LogP contribution in [0.25, 0.3) is 0 Å². The molecule has 5 heteroatoms. The predicted molar refractivity (Wildman–Crippen MR) is 77.2 cm³/mol. The number of methoxy groups -OCH3 is 1. The van der Waals surface area contributed by atoms with E-state index in [9.17, 15) is 4.79 Å². The fourth-order valence-corrected chi connectivity index (χ4v) is 1.20. The predicted octanol–water partition coefficient (Wildman–Crippen LogP) is 1.24. The Kier molecular flexibility index (Phi) is 8.02. The fraction of sp³-hybridized carbons (Fsp3) is 0.357. The number of hydrogen-bond acceptors (Lipinski definition) is 5. The number of terminal acetylenes is 1. The van der Waals surface area contributed by atoms with Gasteiger partial charge >= 0.3 is 5.97 Å². The fourth-order valence-electron chi connectivity index (χ4n) is 1.20. The lowest BCUT2D eigenvalue weighted by atomic mass is 10.1. The second-order valence-corrected chi connectivity index (χ2v) is 3.62. The summed E-state index contributed by atoms with van der Waals surface area (Å²) in [6.45, 7) is 5.94. The van der Waals surface area contributed by atoms with Crippen LogP contribution in [-0.2, 0) is 4.74 Å². The van der Waals surface area contributed by atoms with Crippen LogP contribution in [0.2, 0.25) is 0 Å². The van der Waals surface area contributed by atoms with Crippen LogP contribution >= 0.6 is 0 Å². The van der Waals surface area contributed by atoms with E-state index in [1.54, 1.807) is 23.2 Å². The molecule has 0 atom stereocenters. The normalized spacial score (nSPS) is 9.26. The van der Waals surface area contributed by atoms with Gasteiger partial charge in [-0.1, -0.05) is 25.8 Å². The number of carbonyl (C=O) groups is 1. The summed E-state index contributed by atoms with van der Waals surface area (Å²) in [5.41, 5.74) is 6.72. The monoisotopic (exact) mass is 263 g/mol. The van der Waals surface area contributed by atoms with Gasteiger partial charge in [0.1, 0.15) is 0 Å². The average molecular weight is 263 g/mol. The Morgan fingerprint density at radius 3 is 2.37 bits per heavy atom. The number of benzene rings is 1. The molecule has 1 rings (SSSR count). The van der Waals surface area contributed by atoms with Crippen molar-refractivity contribution in [3.63, 3.8) is 0 Å². The molecule has 0 saturated heterocycles. The van der Waals surface area contributed by atoms with Crippen molar-refractivity contribution < 1.29 is 9.53 Å². The number of para-hydroxylation sites is 1. The molecule has 0 amide bonds. The van der Waals surface area contributed by atoms with Crippen molar-refractivity contribution >= 4 is 11.7 Å². The average Bonchev–Trinajstić information content (AvgIpc) is 2.46. The Balaban J connectivity index is 0.000000459. The maximum Gasteiger partial charge on any atom is 0.339 e. The zero-order chi connectivity index (χ0) is 14.8. The van der Waals surface area contributed by atoms with E-state index in [0.717, 1.165) is 13.1 Å². The molecule has 1 aromatic rings. The smallest absolute Gasteiger partial charge is 0.339 e. The Morgan fingerprint density at radius 2 is 2.00 bits per heavy atom. The summed E-state index contributed by atoms with van der Waals surface area (Å²) in [6, 6.07) is 4.90. The highest BCUT2D eigenvalue weighted by molar-refractivity contribution is 5.96. The molecule has 0 saturated carbocycles. The van der Waals surface area contributed by atoms with Crippen molar-refractivity contribution in [1.82, 2.24) is 5.01 Å². The van der Waals surface area contributed by atoms with Crippen molar-refractivity contribution in [3.05, 3.63) is 29.3 Å². The summed E-state index contributed by atoms with van der Waals surface area (Å²) >= 11 is 0. The number of esters is 1. The van der Waals surface area contributed by atoms with Gasteiger partial charge in [-0.15, -0.1) is 6.42 Å². The van der Waals surface area contributed by atoms with Gasteiger partial charge in [0.05, 0.1) is 18.4 Å². The third-order valence-electron chi connectivity index (χ3n) is 2.48. The molecule has 4 N–H and O–H groups in total. The number of nitrogens with zero attached hydrogens (tertiary/aromatic N) is 1. The Bertz CT molecular complexity index is 448. The SMILES string of the molecule is C#Cc1cccc(C(=O)OC)c1N.CCN(N)CC. The van der Waals surface area contributed by atoms with E-state index in [4.69, 9.17) is 18.0 Å². The summed E-state index contributed by atoms with van der Waals surface area (Å²) in [5.74, 6) is 7.21. The van der Waals surface area contributed by atoms with Crippen LogP contribution in [0.3, 0.4) is 0 Å². The quantitative estimate of drug-likeness (QED) is 0.282. The number of hydrogen-bond donors (Lipinski definition) is 2. The topological polar surface area (TPSA) is 81.6 Å². The molecule has 1 aromatic carbocycles. The largest absolute Gasteiger partial charge is 0.465 e. The van der Waals surface area contributed by atoms with Crippen LogP contribution in [-0.4, -0.2) is 31.2 Å².